The van der Waals surface area contributed by atoms with Crippen molar-refractivity contribution in [1.82, 2.24) is 5.32 Å². The lowest BCUT2D eigenvalue weighted by Crippen LogP contribution is -2.31. The molecule has 2 aromatic carbocycles. The molecule has 1 aliphatic heterocycles. The number of nitrogens with zero attached hydrogens (tertiary/aromatic N) is 2. The number of amides is 2. The molecule has 0 aromatic heterocycles. The third-order valence-corrected chi connectivity index (χ3v) is 4.78. The second-order valence-electron chi connectivity index (χ2n) is 6.18. The van der Waals surface area contributed by atoms with Gasteiger partial charge in [0.05, 0.1) is 4.92 Å². The Morgan fingerprint density at radius 3 is 2.52 bits per heavy atom. The Morgan fingerprint density at radius 2 is 1.85 bits per heavy atom. The highest BCUT2D eigenvalue weighted by molar-refractivity contribution is 6.31. The van der Waals surface area contributed by atoms with Gasteiger partial charge in [-0.3, -0.25) is 19.7 Å². The molecule has 1 N–H and O–H groups in total. The summed E-state index contributed by atoms with van der Waals surface area (Å²) in [5.41, 5.74) is 0.317. The summed E-state index contributed by atoms with van der Waals surface area (Å²) < 4.78 is 0. The van der Waals surface area contributed by atoms with E-state index in [0.717, 1.165) is 5.69 Å². The largest absolute Gasteiger partial charge is 0.351 e. The van der Waals surface area contributed by atoms with Gasteiger partial charge in [-0.15, -0.1) is 0 Å². The summed E-state index contributed by atoms with van der Waals surface area (Å²) in [6.45, 7) is 0.663. The SMILES string of the molecule is O=C(NCC1CC(=O)N(c2ccc(Cl)cc2)C1)c1cc(Cl)ccc1[N+](=O)[O-]. The summed E-state index contributed by atoms with van der Waals surface area (Å²) >= 11 is 11.7. The second-order valence-corrected chi connectivity index (χ2v) is 7.05. The Morgan fingerprint density at radius 1 is 1.19 bits per heavy atom. The number of hydrogen-bond donors (Lipinski definition) is 1. The first kappa shape index (κ1) is 19.1. The zero-order chi connectivity index (χ0) is 19.6. The van der Waals surface area contributed by atoms with E-state index in [-0.39, 0.29) is 41.1 Å². The van der Waals surface area contributed by atoms with E-state index in [1.807, 2.05) is 0 Å². The van der Waals surface area contributed by atoms with Crippen LogP contribution in [0.15, 0.2) is 42.5 Å². The van der Waals surface area contributed by atoms with Gasteiger partial charge in [-0.2, -0.15) is 0 Å². The zero-order valence-electron chi connectivity index (χ0n) is 14.0. The van der Waals surface area contributed by atoms with E-state index in [1.165, 1.54) is 18.2 Å². The fourth-order valence-corrected chi connectivity index (χ4v) is 3.27. The summed E-state index contributed by atoms with van der Waals surface area (Å²) in [6.07, 6.45) is 0.278. The minimum absolute atomic E-state index is 0.0506. The molecule has 0 bridgehead atoms. The maximum absolute atomic E-state index is 12.4. The van der Waals surface area contributed by atoms with Crippen LogP contribution in [-0.2, 0) is 4.79 Å². The summed E-state index contributed by atoms with van der Waals surface area (Å²) in [6, 6.07) is 10.7. The number of rotatable bonds is 5. The maximum atomic E-state index is 12.4. The van der Waals surface area contributed by atoms with Crippen LogP contribution in [0.4, 0.5) is 11.4 Å². The smallest absolute Gasteiger partial charge is 0.282 e. The number of benzene rings is 2. The molecule has 1 atom stereocenters. The van der Waals surface area contributed by atoms with Crippen LogP contribution in [0.1, 0.15) is 16.8 Å². The van der Waals surface area contributed by atoms with E-state index >= 15 is 0 Å². The topological polar surface area (TPSA) is 92.6 Å². The third-order valence-electron chi connectivity index (χ3n) is 4.29. The Hall–Kier alpha value is -2.64. The monoisotopic (exact) mass is 407 g/mol. The zero-order valence-corrected chi connectivity index (χ0v) is 15.5. The first-order valence-electron chi connectivity index (χ1n) is 8.13. The van der Waals surface area contributed by atoms with Gasteiger partial charge in [0, 0.05) is 47.2 Å². The number of hydrogen-bond acceptors (Lipinski definition) is 4. The van der Waals surface area contributed by atoms with Crippen molar-refractivity contribution in [3.63, 3.8) is 0 Å². The van der Waals surface area contributed by atoms with Crippen molar-refractivity contribution in [1.29, 1.82) is 0 Å². The number of anilines is 1. The number of carbonyl (C=O) groups excluding carboxylic acids is 2. The molecule has 1 fully saturated rings. The van der Waals surface area contributed by atoms with Crippen LogP contribution in [0.3, 0.4) is 0 Å². The van der Waals surface area contributed by atoms with E-state index < -0.39 is 10.8 Å². The molecular formula is C18H15Cl2N3O4. The van der Waals surface area contributed by atoms with Gasteiger partial charge in [0.15, 0.2) is 0 Å². The molecule has 140 valence electrons. The van der Waals surface area contributed by atoms with E-state index in [2.05, 4.69) is 5.32 Å². The highest BCUT2D eigenvalue weighted by Crippen LogP contribution is 2.26. The van der Waals surface area contributed by atoms with E-state index in [9.17, 15) is 19.7 Å². The molecule has 0 spiro atoms. The van der Waals surface area contributed by atoms with Crippen LogP contribution in [0.25, 0.3) is 0 Å². The van der Waals surface area contributed by atoms with Crippen molar-refractivity contribution in [3.05, 3.63) is 68.2 Å². The number of carbonyl (C=O) groups is 2. The fourth-order valence-electron chi connectivity index (χ4n) is 2.97. The molecule has 2 aromatic rings. The highest BCUT2D eigenvalue weighted by atomic mass is 35.5. The van der Waals surface area contributed by atoms with E-state index in [4.69, 9.17) is 23.2 Å². The molecule has 1 aliphatic rings. The summed E-state index contributed by atoms with van der Waals surface area (Å²) in [5.74, 6) is -0.748. The van der Waals surface area contributed by atoms with Crippen LogP contribution in [0, 0.1) is 16.0 Å². The lowest BCUT2D eigenvalue weighted by atomic mass is 10.1. The van der Waals surface area contributed by atoms with E-state index in [1.54, 1.807) is 29.2 Å². The standard InChI is InChI=1S/C18H15Cl2N3O4/c19-12-1-4-14(5-2-12)22-10-11(7-17(22)24)9-21-18(25)15-8-13(20)3-6-16(15)23(26)27/h1-6,8,11H,7,9-10H2,(H,21,25). The molecule has 9 heteroatoms. The maximum Gasteiger partial charge on any atom is 0.282 e. The van der Waals surface area contributed by atoms with Crippen LogP contribution >= 0.6 is 23.2 Å². The van der Waals surface area contributed by atoms with Crippen molar-refractivity contribution in [2.75, 3.05) is 18.0 Å². The first-order valence-corrected chi connectivity index (χ1v) is 8.89. The summed E-state index contributed by atoms with van der Waals surface area (Å²) in [7, 11) is 0. The molecule has 2 amide bonds. The molecule has 0 saturated carbocycles. The normalized spacial score (nSPS) is 16.4. The van der Waals surface area contributed by atoms with Crippen LogP contribution in [0.5, 0.6) is 0 Å². The van der Waals surface area contributed by atoms with Crippen molar-refractivity contribution in [3.8, 4) is 0 Å². The molecule has 7 nitrogen and oxygen atoms in total. The first-order chi connectivity index (χ1) is 12.8. The van der Waals surface area contributed by atoms with Gasteiger partial charge in [-0.05, 0) is 36.4 Å². The molecule has 27 heavy (non-hydrogen) atoms. The minimum Gasteiger partial charge on any atom is -0.351 e. The molecule has 3 rings (SSSR count). The van der Waals surface area contributed by atoms with Gasteiger partial charge in [-0.1, -0.05) is 23.2 Å². The minimum atomic E-state index is -0.632. The third kappa shape index (κ3) is 4.37. The van der Waals surface area contributed by atoms with Crippen molar-refractivity contribution < 1.29 is 14.5 Å². The van der Waals surface area contributed by atoms with Crippen LogP contribution in [0.2, 0.25) is 10.0 Å². The number of nitrogens with one attached hydrogen (secondary N) is 1. The summed E-state index contributed by atoms with van der Waals surface area (Å²) in [4.78, 5) is 36.7. The van der Waals surface area contributed by atoms with Gasteiger partial charge in [0.2, 0.25) is 5.91 Å². The van der Waals surface area contributed by atoms with Crippen LogP contribution < -0.4 is 10.2 Å². The Kier molecular flexibility index (Phi) is 5.62. The second kappa shape index (κ2) is 7.94. The van der Waals surface area contributed by atoms with Gasteiger partial charge >= 0.3 is 0 Å². The van der Waals surface area contributed by atoms with Crippen molar-refractivity contribution in [2.24, 2.45) is 5.92 Å². The average molecular weight is 408 g/mol. The quantitative estimate of drug-likeness (QED) is 0.604. The molecule has 1 saturated heterocycles. The number of nitro groups is 1. The lowest BCUT2D eigenvalue weighted by molar-refractivity contribution is -0.385. The average Bonchev–Trinajstić information content (AvgIpc) is 3.00. The van der Waals surface area contributed by atoms with Gasteiger partial charge in [0.1, 0.15) is 5.56 Å². The number of halogens is 2. The van der Waals surface area contributed by atoms with Crippen molar-refractivity contribution >= 4 is 46.4 Å². The Bertz CT molecular complexity index is 902. The number of nitro benzene ring substituents is 1. The Balaban J connectivity index is 1.65. The lowest BCUT2D eigenvalue weighted by Gasteiger charge is -2.17. The highest BCUT2D eigenvalue weighted by Gasteiger charge is 2.31. The molecule has 0 aliphatic carbocycles. The summed E-state index contributed by atoms with van der Waals surface area (Å²) in [5, 5.41) is 14.6. The van der Waals surface area contributed by atoms with E-state index in [0.29, 0.717) is 11.6 Å². The van der Waals surface area contributed by atoms with Crippen LogP contribution in [-0.4, -0.2) is 29.8 Å². The molecule has 1 heterocycles. The van der Waals surface area contributed by atoms with Gasteiger partial charge in [0.25, 0.3) is 11.6 Å². The van der Waals surface area contributed by atoms with Gasteiger partial charge < -0.3 is 10.2 Å². The molecule has 0 radical (unpaired) electrons. The van der Waals surface area contributed by atoms with Crippen molar-refractivity contribution in [2.45, 2.75) is 6.42 Å². The predicted molar refractivity (Wildman–Crippen MR) is 102 cm³/mol. The predicted octanol–water partition coefficient (Wildman–Crippen LogP) is 3.68. The molecular weight excluding hydrogens is 393 g/mol. The Labute approximate surface area is 165 Å². The fraction of sp³-hybridized carbons (Fsp3) is 0.222. The van der Waals surface area contributed by atoms with Gasteiger partial charge in [-0.25, -0.2) is 0 Å². The molecule has 1 unspecified atom stereocenters.